The quantitative estimate of drug-likeness (QED) is 0.348. The molecule has 9 nitrogen and oxygen atoms in total. The minimum atomic E-state index is -4.41. The van der Waals surface area contributed by atoms with Gasteiger partial charge in [0.1, 0.15) is 23.4 Å². The van der Waals surface area contributed by atoms with Gasteiger partial charge in [-0.2, -0.15) is 13.2 Å². The molecule has 3 aliphatic rings. The highest BCUT2D eigenvalue weighted by atomic mass is 19.4. The van der Waals surface area contributed by atoms with E-state index in [0.717, 1.165) is 87.8 Å². The van der Waals surface area contributed by atoms with E-state index in [9.17, 15) is 18.0 Å². The normalized spacial score (nSPS) is 21.2. The highest BCUT2D eigenvalue weighted by molar-refractivity contribution is 5.89. The molecule has 1 amide bonds. The second kappa shape index (κ2) is 13.3. The predicted octanol–water partition coefficient (Wildman–Crippen LogP) is 5.60. The van der Waals surface area contributed by atoms with Crippen molar-refractivity contribution in [2.24, 2.45) is 11.8 Å². The highest BCUT2D eigenvalue weighted by Gasteiger charge is 2.37. The summed E-state index contributed by atoms with van der Waals surface area (Å²) in [6, 6.07) is 7.06. The summed E-state index contributed by atoms with van der Waals surface area (Å²) in [4.78, 5) is 27.2. The molecule has 2 fully saturated rings. The first-order valence-corrected chi connectivity index (χ1v) is 16.1. The highest BCUT2D eigenvalue weighted by Crippen LogP contribution is 2.40. The molecule has 1 unspecified atom stereocenters. The van der Waals surface area contributed by atoms with E-state index in [-0.39, 0.29) is 23.8 Å². The molecule has 3 aromatic rings. The van der Waals surface area contributed by atoms with E-state index in [1.54, 1.807) is 13.2 Å². The van der Waals surface area contributed by atoms with Crippen LogP contribution in [-0.2, 0) is 27.0 Å². The zero-order valence-electron chi connectivity index (χ0n) is 26.3. The first-order chi connectivity index (χ1) is 21.6. The lowest BCUT2D eigenvalue weighted by Gasteiger charge is -2.40. The molecule has 3 aliphatic heterocycles. The van der Waals surface area contributed by atoms with E-state index in [4.69, 9.17) is 14.5 Å². The minimum Gasteiger partial charge on any atom is -0.383 e. The van der Waals surface area contributed by atoms with Crippen LogP contribution >= 0.6 is 0 Å². The number of fused-ring (bicyclic) bond motifs is 3. The number of likely N-dealkylation sites (tertiary alicyclic amines) is 2. The molecule has 244 valence electrons. The van der Waals surface area contributed by atoms with Crippen LogP contribution in [0.3, 0.4) is 0 Å². The number of alkyl halides is 3. The number of hydrogen-bond acceptors (Lipinski definition) is 7. The van der Waals surface area contributed by atoms with Crippen LogP contribution in [0.5, 0.6) is 0 Å². The Labute approximate surface area is 262 Å². The van der Waals surface area contributed by atoms with Crippen molar-refractivity contribution in [3.8, 4) is 0 Å². The van der Waals surface area contributed by atoms with E-state index >= 15 is 0 Å². The molecule has 6 rings (SSSR count). The number of benzene rings is 1. The number of carbonyl (C=O) groups is 1. The summed E-state index contributed by atoms with van der Waals surface area (Å²) in [6.45, 7) is 9.86. The molecular formula is C33H43F3N6O3. The standard InChI is InChI=1S/C33H43F3N6O3/c1-21(25-5-4-6-26(19-25)33(34,35)36)37-30-27-20-28-29(45-18-16-42(28)31(27)39-22(2)38-30)23-9-13-41(14-10-23)32(43)24-7-11-40(12-8-24)15-17-44-3/h4-6,19-21,23-24,29H,7-18H2,1-3H3,(H,37,38,39)/t21-,29?/m1/s1. The fourth-order valence-corrected chi connectivity index (χ4v) is 7.15. The summed E-state index contributed by atoms with van der Waals surface area (Å²) in [7, 11) is 1.72. The maximum atomic E-state index is 13.4. The maximum absolute atomic E-state index is 13.4. The Morgan fingerprint density at radius 3 is 2.56 bits per heavy atom. The number of aryl methyl sites for hydroxylation is 1. The van der Waals surface area contributed by atoms with Crippen molar-refractivity contribution in [1.29, 1.82) is 0 Å². The molecule has 2 saturated heterocycles. The average Bonchev–Trinajstić information content (AvgIpc) is 3.42. The van der Waals surface area contributed by atoms with Crippen molar-refractivity contribution in [2.75, 3.05) is 58.4 Å². The summed E-state index contributed by atoms with van der Waals surface area (Å²) >= 11 is 0. The Kier molecular flexibility index (Phi) is 9.35. The molecule has 1 aromatic carbocycles. The molecule has 2 atom stereocenters. The van der Waals surface area contributed by atoms with Crippen LogP contribution in [-0.4, -0.2) is 83.3 Å². The van der Waals surface area contributed by atoms with Crippen LogP contribution in [0.2, 0.25) is 0 Å². The fourth-order valence-electron chi connectivity index (χ4n) is 7.15. The monoisotopic (exact) mass is 628 g/mol. The molecule has 0 spiro atoms. The number of halogens is 3. The zero-order valence-corrected chi connectivity index (χ0v) is 26.3. The van der Waals surface area contributed by atoms with Gasteiger partial charge in [0.25, 0.3) is 0 Å². The van der Waals surface area contributed by atoms with E-state index in [0.29, 0.717) is 30.4 Å². The lowest BCUT2D eigenvalue weighted by atomic mass is 9.87. The molecular weight excluding hydrogens is 585 g/mol. The van der Waals surface area contributed by atoms with Gasteiger partial charge in [0, 0.05) is 50.9 Å². The van der Waals surface area contributed by atoms with E-state index in [1.807, 2.05) is 13.8 Å². The van der Waals surface area contributed by atoms with Crippen LogP contribution in [0.25, 0.3) is 11.0 Å². The molecule has 1 N–H and O–H groups in total. The van der Waals surface area contributed by atoms with Crippen molar-refractivity contribution in [2.45, 2.75) is 64.4 Å². The minimum absolute atomic E-state index is 0.0971. The van der Waals surface area contributed by atoms with Gasteiger partial charge in [0.05, 0.1) is 24.2 Å². The zero-order chi connectivity index (χ0) is 31.7. The third-order valence-electron chi connectivity index (χ3n) is 9.70. The van der Waals surface area contributed by atoms with Crippen molar-refractivity contribution in [3.05, 3.63) is 53.0 Å². The average molecular weight is 629 g/mol. The van der Waals surface area contributed by atoms with Gasteiger partial charge < -0.3 is 29.2 Å². The molecule has 0 aliphatic carbocycles. The Morgan fingerprint density at radius 2 is 1.84 bits per heavy atom. The number of rotatable bonds is 8. The van der Waals surface area contributed by atoms with Crippen molar-refractivity contribution in [3.63, 3.8) is 0 Å². The SMILES string of the molecule is COCCN1CCC(C(=O)N2CCC(C3OCCn4c3cc3c(N[C@H](C)c5cccc(C(F)(F)F)c5)nc(C)nc34)CC2)CC1. The summed E-state index contributed by atoms with van der Waals surface area (Å²) < 4.78 is 53.8. The van der Waals surface area contributed by atoms with E-state index in [1.165, 1.54) is 12.1 Å². The van der Waals surface area contributed by atoms with Crippen LogP contribution in [0.4, 0.5) is 19.0 Å². The lowest BCUT2D eigenvalue weighted by Crippen LogP contribution is -2.46. The summed E-state index contributed by atoms with van der Waals surface area (Å²) in [5.74, 6) is 1.83. The Hall–Kier alpha value is -3.22. The number of carbonyl (C=O) groups excluding carboxylic acids is 1. The second-order valence-corrected chi connectivity index (χ2v) is 12.6. The van der Waals surface area contributed by atoms with Crippen molar-refractivity contribution >= 4 is 22.8 Å². The largest absolute Gasteiger partial charge is 0.416 e. The summed E-state index contributed by atoms with van der Waals surface area (Å²) in [5, 5.41) is 4.19. The number of piperidine rings is 2. The smallest absolute Gasteiger partial charge is 0.383 e. The van der Waals surface area contributed by atoms with Crippen molar-refractivity contribution in [1.82, 2.24) is 24.3 Å². The molecule has 0 bridgehead atoms. The number of nitrogens with zero attached hydrogens (tertiary/aromatic N) is 5. The first-order valence-electron chi connectivity index (χ1n) is 16.1. The molecule has 0 saturated carbocycles. The number of anilines is 1. The number of amides is 1. The predicted molar refractivity (Wildman–Crippen MR) is 165 cm³/mol. The fraction of sp³-hybridized carbons (Fsp3) is 0.606. The molecule has 45 heavy (non-hydrogen) atoms. The van der Waals surface area contributed by atoms with Gasteiger partial charge in [0.15, 0.2) is 0 Å². The van der Waals surface area contributed by atoms with Crippen molar-refractivity contribution < 1.29 is 27.4 Å². The van der Waals surface area contributed by atoms with Crippen LogP contribution in [0.1, 0.15) is 67.4 Å². The van der Waals surface area contributed by atoms with Crippen LogP contribution < -0.4 is 5.32 Å². The summed E-state index contributed by atoms with van der Waals surface area (Å²) in [6.07, 6.45) is -0.992. The molecule has 2 aromatic heterocycles. The Morgan fingerprint density at radius 1 is 1.09 bits per heavy atom. The lowest BCUT2D eigenvalue weighted by molar-refractivity contribution is -0.140. The molecule has 0 radical (unpaired) electrons. The third-order valence-corrected chi connectivity index (χ3v) is 9.70. The maximum Gasteiger partial charge on any atom is 0.416 e. The van der Waals surface area contributed by atoms with Crippen LogP contribution in [0.15, 0.2) is 30.3 Å². The Bertz CT molecular complexity index is 1490. The third kappa shape index (κ3) is 6.83. The topological polar surface area (TPSA) is 84.8 Å². The van der Waals surface area contributed by atoms with E-state index in [2.05, 4.69) is 30.7 Å². The van der Waals surface area contributed by atoms with E-state index < -0.39 is 17.8 Å². The second-order valence-electron chi connectivity index (χ2n) is 12.6. The van der Waals surface area contributed by atoms with Gasteiger partial charge in [-0.05, 0) is 82.3 Å². The van der Waals surface area contributed by atoms with Crippen LogP contribution in [0, 0.1) is 18.8 Å². The number of aromatic nitrogens is 3. The first kappa shape index (κ1) is 31.7. The van der Waals surface area contributed by atoms with Gasteiger partial charge in [-0.3, -0.25) is 4.79 Å². The summed E-state index contributed by atoms with van der Waals surface area (Å²) in [5.41, 5.74) is 1.69. The van der Waals surface area contributed by atoms with Gasteiger partial charge in [-0.15, -0.1) is 0 Å². The number of nitrogens with one attached hydrogen (secondary N) is 1. The number of methoxy groups -OCH3 is 1. The van der Waals surface area contributed by atoms with Gasteiger partial charge in [-0.25, -0.2) is 9.97 Å². The molecule has 12 heteroatoms. The molecule has 5 heterocycles. The van der Waals surface area contributed by atoms with Gasteiger partial charge in [0.2, 0.25) is 5.91 Å². The number of hydrogen-bond donors (Lipinski definition) is 1. The Balaban J connectivity index is 1.15. The number of ether oxygens (including phenoxy) is 2. The van der Waals surface area contributed by atoms with Gasteiger partial charge >= 0.3 is 6.18 Å². The van der Waals surface area contributed by atoms with Gasteiger partial charge in [-0.1, -0.05) is 12.1 Å².